The summed E-state index contributed by atoms with van der Waals surface area (Å²) in [4.78, 5) is 2.55. The molecule has 2 fully saturated rings. The highest BCUT2D eigenvalue weighted by Crippen LogP contribution is 2.33. The van der Waals surface area contributed by atoms with Crippen LogP contribution < -0.4 is 10.2 Å². The number of piperidine rings is 1. The van der Waals surface area contributed by atoms with Crippen LogP contribution in [-0.2, 0) is 0 Å². The van der Waals surface area contributed by atoms with E-state index in [9.17, 15) is 0 Å². The molecular formula is C16H21N3. The number of nitrogens with zero attached hydrogens (tertiary/aromatic N) is 2. The minimum Gasteiger partial charge on any atom is -0.368 e. The van der Waals surface area contributed by atoms with E-state index >= 15 is 0 Å². The maximum absolute atomic E-state index is 8.88. The first kappa shape index (κ1) is 12.5. The summed E-state index contributed by atoms with van der Waals surface area (Å²) in [5.41, 5.74) is 2.03. The molecule has 1 N–H and O–H groups in total. The Kier molecular flexibility index (Phi) is 3.70. The molecule has 2 aliphatic rings. The molecule has 0 radical (unpaired) electrons. The van der Waals surface area contributed by atoms with Gasteiger partial charge < -0.3 is 10.2 Å². The van der Waals surface area contributed by atoms with E-state index < -0.39 is 0 Å². The molecule has 0 bridgehead atoms. The van der Waals surface area contributed by atoms with Gasteiger partial charge in [-0.3, -0.25) is 0 Å². The van der Waals surface area contributed by atoms with Gasteiger partial charge in [-0.15, -0.1) is 0 Å². The molecule has 1 aliphatic carbocycles. The number of hydrogen-bond donors (Lipinski definition) is 1. The van der Waals surface area contributed by atoms with Gasteiger partial charge in [0.25, 0.3) is 0 Å². The summed E-state index contributed by atoms with van der Waals surface area (Å²) in [6.45, 7) is 3.49. The highest BCUT2D eigenvalue weighted by molar-refractivity contribution is 5.51. The second-order valence-corrected chi connectivity index (χ2v) is 5.75. The zero-order valence-electron chi connectivity index (χ0n) is 11.3. The van der Waals surface area contributed by atoms with Gasteiger partial charge in [0.1, 0.15) is 0 Å². The van der Waals surface area contributed by atoms with Crippen molar-refractivity contribution in [3.05, 3.63) is 29.8 Å². The van der Waals surface area contributed by atoms with Crippen LogP contribution in [0.5, 0.6) is 0 Å². The van der Waals surface area contributed by atoms with Gasteiger partial charge >= 0.3 is 0 Å². The standard InChI is InChI=1S/C16H21N3/c17-10-13-3-5-15(6-4-13)19(16-7-8-16)12-14-2-1-9-18-11-14/h3-6,14,16,18H,1-2,7-9,11-12H2. The van der Waals surface area contributed by atoms with E-state index in [-0.39, 0.29) is 0 Å². The Labute approximate surface area is 115 Å². The lowest BCUT2D eigenvalue weighted by molar-refractivity contribution is 0.376. The molecule has 1 aliphatic heterocycles. The van der Waals surface area contributed by atoms with E-state index in [2.05, 4.69) is 28.4 Å². The summed E-state index contributed by atoms with van der Waals surface area (Å²) in [6.07, 6.45) is 5.28. The van der Waals surface area contributed by atoms with Gasteiger partial charge in [0.05, 0.1) is 11.6 Å². The molecule has 19 heavy (non-hydrogen) atoms. The first-order valence-corrected chi connectivity index (χ1v) is 7.34. The number of nitrogens with one attached hydrogen (secondary N) is 1. The predicted molar refractivity (Wildman–Crippen MR) is 77.1 cm³/mol. The van der Waals surface area contributed by atoms with Gasteiger partial charge in [0.15, 0.2) is 0 Å². The Morgan fingerprint density at radius 2 is 2.00 bits per heavy atom. The normalized spacial score (nSPS) is 22.8. The van der Waals surface area contributed by atoms with Crippen molar-refractivity contribution in [3.8, 4) is 6.07 Å². The maximum atomic E-state index is 8.88. The average Bonchev–Trinajstić information content (AvgIpc) is 3.31. The molecule has 0 amide bonds. The van der Waals surface area contributed by atoms with Crippen molar-refractivity contribution in [2.45, 2.75) is 31.7 Å². The Balaban J connectivity index is 1.70. The van der Waals surface area contributed by atoms with Gasteiger partial charge in [-0.25, -0.2) is 0 Å². The number of hydrogen-bond acceptors (Lipinski definition) is 3. The van der Waals surface area contributed by atoms with E-state index in [0.717, 1.165) is 30.6 Å². The molecule has 100 valence electrons. The fourth-order valence-electron chi connectivity index (χ4n) is 2.94. The molecule has 3 nitrogen and oxygen atoms in total. The molecule has 1 aromatic rings. The molecule has 0 spiro atoms. The van der Waals surface area contributed by atoms with Crippen molar-refractivity contribution in [2.75, 3.05) is 24.5 Å². The van der Waals surface area contributed by atoms with E-state index in [1.54, 1.807) is 0 Å². The minimum atomic E-state index is 0.731. The summed E-state index contributed by atoms with van der Waals surface area (Å²) in [6, 6.07) is 11.0. The molecule has 3 rings (SSSR count). The fourth-order valence-corrected chi connectivity index (χ4v) is 2.94. The van der Waals surface area contributed by atoms with Gasteiger partial charge in [-0.2, -0.15) is 5.26 Å². The lowest BCUT2D eigenvalue weighted by atomic mass is 9.98. The van der Waals surface area contributed by atoms with Crippen LogP contribution in [-0.4, -0.2) is 25.7 Å². The first-order chi connectivity index (χ1) is 9.36. The monoisotopic (exact) mass is 255 g/mol. The van der Waals surface area contributed by atoms with Crippen LogP contribution in [0.3, 0.4) is 0 Å². The van der Waals surface area contributed by atoms with Crippen molar-refractivity contribution in [1.82, 2.24) is 5.32 Å². The van der Waals surface area contributed by atoms with Crippen molar-refractivity contribution in [1.29, 1.82) is 5.26 Å². The van der Waals surface area contributed by atoms with E-state index in [1.807, 2.05) is 12.1 Å². The van der Waals surface area contributed by atoms with Gasteiger partial charge in [0, 0.05) is 18.3 Å². The number of nitriles is 1. The van der Waals surface area contributed by atoms with Gasteiger partial charge in [-0.1, -0.05) is 0 Å². The topological polar surface area (TPSA) is 39.1 Å². The largest absolute Gasteiger partial charge is 0.368 e. The van der Waals surface area contributed by atoms with E-state index in [0.29, 0.717) is 0 Å². The summed E-state index contributed by atoms with van der Waals surface area (Å²) in [7, 11) is 0. The molecule has 0 aromatic heterocycles. The molecule has 1 saturated heterocycles. The van der Waals surface area contributed by atoms with Crippen LogP contribution in [0, 0.1) is 17.2 Å². The number of benzene rings is 1. The molecule has 1 saturated carbocycles. The summed E-state index contributed by atoms with van der Waals surface area (Å²) in [5.74, 6) is 0.769. The van der Waals surface area contributed by atoms with Crippen molar-refractivity contribution in [2.24, 2.45) is 5.92 Å². The molecule has 1 heterocycles. The lowest BCUT2D eigenvalue weighted by Crippen LogP contribution is -2.39. The molecule has 1 aromatic carbocycles. The third-order valence-corrected chi connectivity index (χ3v) is 4.17. The van der Waals surface area contributed by atoms with Gasteiger partial charge in [-0.05, 0) is 69.0 Å². The van der Waals surface area contributed by atoms with E-state index in [4.69, 9.17) is 5.26 Å². The third-order valence-electron chi connectivity index (χ3n) is 4.17. The molecule has 1 atom stereocenters. The molecule has 3 heteroatoms. The predicted octanol–water partition coefficient (Wildman–Crippen LogP) is 2.53. The SMILES string of the molecule is N#Cc1ccc(N(CC2CCCNC2)C2CC2)cc1. The zero-order valence-corrected chi connectivity index (χ0v) is 11.3. The second kappa shape index (κ2) is 5.63. The Hall–Kier alpha value is -1.53. The smallest absolute Gasteiger partial charge is 0.0991 e. The van der Waals surface area contributed by atoms with Crippen LogP contribution in [0.1, 0.15) is 31.2 Å². The van der Waals surface area contributed by atoms with Crippen molar-refractivity contribution < 1.29 is 0 Å². The molecule has 1 unspecified atom stereocenters. The first-order valence-electron chi connectivity index (χ1n) is 7.34. The highest BCUT2D eigenvalue weighted by Gasteiger charge is 2.31. The summed E-state index contributed by atoms with van der Waals surface area (Å²) < 4.78 is 0. The number of rotatable bonds is 4. The lowest BCUT2D eigenvalue weighted by Gasteiger charge is -2.32. The Morgan fingerprint density at radius 3 is 2.58 bits per heavy atom. The summed E-state index contributed by atoms with van der Waals surface area (Å²) in [5, 5.41) is 12.4. The quantitative estimate of drug-likeness (QED) is 0.898. The average molecular weight is 255 g/mol. The zero-order chi connectivity index (χ0) is 13.1. The maximum Gasteiger partial charge on any atom is 0.0991 e. The summed E-state index contributed by atoms with van der Waals surface area (Å²) >= 11 is 0. The van der Waals surface area contributed by atoms with Crippen LogP contribution >= 0.6 is 0 Å². The van der Waals surface area contributed by atoms with Crippen molar-refractivity contribution >= 4 is 5.69 Å². The van der Waals surface area contributed by atoms with Crippen molar-refractivity contribution in [3.63, 3.8) is 0 Å². The van der Waals surface area contributed by atoms with Crippen LogP contribution in [0.2, 0.25) is 0 Å². The second-order valence-electron chi connectivity index (χ2n) is 5.75. The minimum absolute atomic E-state index is 0.731. The Bertz CT molecular complexity index is 450. The fraction of sp³-hybridized carbons (Fsp3) is 0.562. The molecular weight excluding hydrogens is 234 g/mol. The van der Waals surface area contributed by atoms with Crippen LogP contribution in [0.25, 0.3) is 0 Å². The third kappa shape index (κ3) is 3.08. The van der Waals surface area contributed by atoms with Crippen LogP contribution in [0.4, 0.5) is 5.69 Å². The Morgan fingerprint density at radius 1 is 1.21 bits per heavy atom. The highest BCUT2D eigenvalue weighted by atomic mass is 15.2. The van der Waals surface area contributed by atoms with Crippen LogP contribution in [0.15, 0.2) is 24.3 Å². The van der Waals surface area contributed by atoms with E-state index in [1.165, 1.54) is 37.9 Å². The van der Waals surface area contributed by atoms with Gasteiger partial charge in [0.2, 0.25) is 0 Å². The number of anilines is 1.